The van der Waals surface area contributed by atoms with Crippen molar-refractivity contribution in [3.8, 4) is 0 Å². The van der Waals surface area contributed by atoms with Crippen molar-refractivity contribution >= 4 is 17.7 Å². The predicted molar refractivity (Wildman–Crippen MR) is 99.3 cm³/mol. The van der Waals surface area contributed by atoms with Crippen LogP contribution in [0.15, 0.2) is 36.5 Å². The minimum absolute atomic E-state index is 0.0648. The predicted octanol–water partition coefficient (Wildman–Crippen LogP) is 2.91. The first kappa shape index (κ1) is 23.8. The number of aliphatic hydroxyl groups excluding tert-OH is 1. The normalized spacial score (nSPS) is 21.5. The van der Waals surface area contributed by atoms with Crippen LogP contribution in [0, 0.1) is 5.92 Å². The Morgan fingerprint density at radius 3 is 1.81 bits per heavy atom. The highest BCUT2D eigenvalue weighted by Crippen LogP contribution is 2.27. The Morgan fingerprint density at radius 1 is 0.923 bits per heavy atom. The monoisotopic (exact) mass is 366 g/mol. The van der Waals surface area contributed by atoms with E-state index in [0.717, 1.165) is 6.42 Å². The minimum atomic E-state index is -0.736. The molecule has 6 nitrogen and oxygen atoms in total. The van der Waals surface area contributed by atoms with Crippen LogP contribution in [0.25, 0.3) is 0 Å². The van der Waals surface area contributed by atoms with Crippen molar-refractivity contribution in [2.45, 2.75) is 59.2 Å². The average Bonchev–Trinajstić information content (AvgIpc) is 2.54. The molecule has 1 N–H and O–H groups in total. The van der Waals surface area contributed by atoms with Gasteiger partial charge in [-0.15, -0.1) is 0 Å². The SMILES string of the molecule is C=C(C)C(=O)OCC1CCC(OC(=O)C(=C)C)C(O)C1.C=C(C)C(C)=O. The first-order chi connectivity index (χ1) is 12.0. The van der Waals surface area contributed by atoms with Crippen LogP contribution in [0.2, 0.25) is 0 Å². The molecular formula is C20H30O6. The molecule has 0 amide bonds. The summed E-state index contributed by atoms with van der Waals surface area (Å²) in [5.74, 6) is -0.764. The van der Waals surface area contributed by atoms with E-state index in [2.05, 4.69) is 19.7 Å². The maximum atomic E-state index is 11.4. The van der Waals surface area contributed by atoms with E-state index < -0.39 is 24.1 Å². The van der Waals surface area contributed by atoms with Gasteiger partial charge in [0, 0.05) is 11.1 Å². The highest BCUT2D eigenvalue weighted by atomic mass is 16.6. The third-order valence-corrected chi connectivity index (χ3v) is 3.87. The van der Waals surface area contributed by atoms with Gasteiger partial charge in [0.15, 0.2) is 5.78 Å². The molecule has 0 radical (unpaired) electrons. The van der Waals surface area contributed by atoms with E-state index in [0.29, 0.717) is 29.6 Å². The number of hydrogen-bond donors (Lipinski definition) is 1. The lowest BCUT2D eigenvalue weighted by Crippen LogP contribution is -2.38. The first-order valence-electron chi connectivity index (χ1n) is 8.49. The summed E-state index contributed by atoms with van der Waals surface area (Å²) < 4.78 is 10.2. The van der Waals surface area contributed by atoms with Gasteiger partial charge in [-0.25, -0.2) is 9.59 Å². The quantitative estimate of drug-likeness (QED) is 0.574. The topological polar surface area (TPSA) is 89.9 Å². The number of carbonyl (C=O) groups excluding carboxylic acids is 3. The van der Waals surface area contributed by atoms with Gasteiger partial charge in [-0.2, -0.15) is 0 Å². The summed E-state index contributed by atoms with van der Waals surface area (Å²) in [4.78, 5) is 32.7. The van der Waals surface area contributed by atoms with E-state index in [4.69, 9.17) is 9.47 Å². The number of esters is 2. The summed E-state index contributed by atoms with van der Waals surface area (Å²) in [5, 5.41) is 9.98. The van der Waals surface area contributed by atoms with Crippen LogP contribution in [0.1, 0.15) is 47.0 Å². The van der Waals surface area contributed by atoms with Gasteiger partial charge in [0.05, 0.1) is 12.7 Å². The number of rotatable bonds is 6. The molecule has 0 saturated heterocycles. The number of ketones is 1. The van der Waals surface area contributed by atoms with Crippen LogP contribution in [0.5, 0.6) is 0 Å². The van der Waals surface area contributed by atoms with E-state index in [1.807, 2.05) is 0 Å². The number of carbonyl (C=O) groups is 3. The summed E-state index contributed by atoms with van der Waals surface area (Å²) in [6, 6.07) is 0. The highest BCUT2D eigenvalue weighted by Gasteiger charge is 2.32. The number of hydrogen-bond acceptors (Lipinski definition) is 6. The molecule has 3 unspecified atom stereocenters. The third-order valence-electron chi connectivity index (χ3n) is 3.87. The molecule has 1 fully saturated rings. The lowest BCUT2D eigenvalue weighted by atomic mass is 9.86. The molecule has 0 aromatic rings. The van der Waals surface area contributed by atoms with Gasteiger partial charge in [-0.05, 0) is 58.4 Å². The lowest BCUT2D eigenvalue weighted by Gasteiger charge is -2.32. The van der Waals surface area contributed by atoms with E-state index in [1.165, 1.54) is 6.92 Å². The summed E-state index contributed by atoms with van der Waals surface area (Å²) >= 11 is 0. The van der Waals surface area contributed by atoms with Crippen molar-refractivity contribution in [1.29, 1.82) is 0 Å². The van der Waals surface area contributed by atoms with Crippen LogP contribution in [-0.4, -0.2) is 41.6 Å². The summed E-state index contributed by atoms with van der Waals surface area (Å²) in [6.07, 6.45) is 0.481. The molecule has 26 heavy (non-hydrogen) atoms. The molecule has 1 saturated carbocycles. The maximum absolute atomic E-state index is 11.4. The van der Waals surface area contributed by atoms with Gasteiger partial charge >= 0.3 is 11.9 Å². The minimum Gasteiger partial charge on any atom is -0.462 e. The second kappa shape index (κ2) is 11.4. The van der Waals surface area contributed by atoms with E-state index in [9.17, 15) is 19.5 Å². The molecule has 1 aliphatic rings. The van der Waals surface area contributed by atoms with Crippen molar-refractivity contribution in [1.82, 2.24) is 0 Å². The molecule has 6 heteroatoms. The van der Waals surface area contributed by atoms with Crippen molar-refractivity contribution in [2.75, 3.05) is 6.61 Å². The largest absolute Gasteiger partial charge is 0.462 e. The summed E-state index contributed by atoms with van der Waals surface area (Å²) in [6.45, 7) is 17.0. The number of Topliss-reactive ketones (excluding diaryl/α,β-unsaturated/α-hetero) is 1. The van der Waals surface area contributed by atoms with Gasteiger partial charge in [-0.1, -0.05) is 19.7 Å². The summed E-state index contributed by atoms with van der Waals surface area (Å²) in [7, 11) is 0. The van der Waals surface area contributed by atoms with Gasteiger partial charge in [0.2, 0.25) is 0 Å². The first-order valence-corrected chi connectivity index (χ1v) is 8.49. The van der Waals surface area contributed by atoms with Crippen LogP contribution >= 0.6 is 0 Å². The smallest absolute Gasteiger partial charge is 0.333 e. The Bertz CT molecular complexity index is 563. The van der Waals surface area contributed by atoms with Crippen LogP contribution in [0.4, 0.5) is 0 Å². The zero-order valence-corrected chi connectivity index (χ0v) is 16.2. The average molecular weight is 366 g/mol. The zero-order valence-electron chi connectivity index (χ0n) is 16.2. The Hall–Kier alpha value is -2.21. The number of allylic oxidation sites excluding steroid dienone is 1. The second-order valence-corrected chi connectivity index (χ2v) is 6.69. The van der Waals surface area contributed by atoms with Crippen molar-refractivity contribution in [3.05, 3.63) is 36.5 Å². The molecule has 0 heterocycles. The van der Waals surface area contributed by atoms with Gasteiger partial charge in [-0.3, -0.25) is 4.79 Å². The Kier molecular flexibility index (Phi) is 10.4. The second-order valence-electron chi connectivity index (χ2n) is 6.69. The zero-order chi connectivity index (χ0) is 20.4. The molecule has 146 valence electrons. The fraction of sp³-hybridized carbons (Fsp3) is 0.550. The Labute approximate surface area is 155 Å². The highest BCUT2D eigenvalue weighted by molar-refractivity contribution is 5.91. The Morgan fingerprint density at radius 2 is 1.42 bits per heavy atom. The van der Waals surface area contributed by atoms with Crippen LogP contribution in [0.3, 0.4) is 0 Å². The molecule has 1 aliphatic carbocycles. The fourth-order valence-electron chi connectivity index (χ4n) is 2.05. The molecule has 0 spiro atoms. The molecule has 1 rings (SSSR count). The van der Waals surface area contributed by atoms with E-state index in [1.54, 1.807) is 20.8 Å². The maximum Gasteiger partial charge on any atom is 0.333 e. The van der Waals surface area contributed by atoms with Crippen LogP contribution < -0.4 is 0 Å². The Balaban J connectivity index is 0.000000896. The standard InChI is InChI=1S/C15H22O5.C5H8O/c1-9(2)14(17)19-8-11-5-6-13(12(16)7-11)20-15(18)10(3)4;1-4(2)5(3)6/h11-13,16H,1,3,5-8H2,2,4H3;1H2,2-3H3. The molecule has 0 bridgehead atoms. The molecule has 0 aromatic carbocycles. The van der Waals surface area contributed by atoms with Gasteiger partial charge in [0.25, 0.3) is 0 Å². The fourth-order valence-corrected chi connectivity index (χ4v) is 2.05. The molecule has 3 atom stereocenters. The van der Waals surface area contributed by atoms with Gasteiger partial charge in [0.1, 0.15) is 6.10 Å². The summed E-state index contributed by atoms with van der Waals surface area (Å²) in [5.41, 5.74) is 1.29. The lowest BCUT2D eigenvalue weighted by molar-refractivity contribution is -0.155. The molecule has 0 aromatic heterocycles. The number of ether oxygens (including phenoxy) is 2. The van der Waals surface area contributed by atoms with E-state index >= 15 is 0 Å². The van der Waals surface area contributed by atoms with E-state index in [-0.39, 0.29) is 18.3 Å². The van der Waals surface area contributed by atoms with Crippen LogP contribution in [-0.2, 0) is 23.9 Å². The van der Waals surface area contributed by atoms with Crippen molar-refractivity contribution < 1.29 is 29.0 Å². The van der Waals surface area contributed by atoms with Crippen molar-refractivity contribution in [2.24, 2.45) is 5.92 Å². The third kappa shape index (κ3) is 9.32. The molecule has 0 aliphatic heterocycles. The molecular weight excluding hydrogens is 336 g/mol. The number of aliphatic hydroxyl groups is 1. The van der Waals surface area contributed by atoms with Crippen molar-refractivity contribution in [3.63, 3.8) is 0 Å². The van der Waals surface area contributed by atoms with Gasteiger partial charge < -0.3 is 14.6 Å².